The summed E-state index contributed by atoms with van der Waals surface area (Å²) >= 11 is 1.57. The second kappa shape index (κ2) is 8.12. The number of rotatable bonds is 6. The van der Waals surface area contributed by atoms with E-state index in [0.717, 1.165) is 5.56 Å². The van der Waals surface area contributed by atoms with Crippen molar-refractivity contribution in [2.45, 2.75) is 30.0 Å². The maximum Gasteiger partial charge on any atom is 0.260 e. The van der Waals surface area contributed by atoms with Crippen LogP contribution in [0.1, 0.15) is 35.1 Å². The second-order valence-electron chi connectivity index (χ2n) is 8.01. The van der Waals surface area contributed by atoms with Gasteiger partial charge in [0.1, 0.15) is 22.9 Å². The van der Waals surface area contributed by atoms with Crippen LogP contribution in [0.5, 0.6) is 23.0 Å². The summed E-state index contributed by atoms with van der Waals surface area (Å²) in [4.78, 5) is 28.7. The molecular formula is C23H26N2O6S. The number of nitrogens with one attached hydrogen (secondary N) is 1. The van der Waals surface area contributed by atoms with Gasteiger partial charge < -0.3 is 29.2 Å². The molecule has 32 heavy (non-hydrogen) atoms. The SMILES string of the molecule is COc1ccc(OC)c(NC(=O)[C@H]2N3C(=O)c4c(ccc(OC)c4OC)C3SC2(C)C)c1. The summed E-state index contributed by atoms with van der Waals surface area (Å²) in [6.07, 6.45) is 0. The van der Waals surface area contributed by atoms with E-state index < -0.39 is 10.8 Å². The van der Waals surface area contributed by atoms with E-state index in [1.165, 1.54) is 21.3 Å². The highest BCUT2D eigenvalue weighted by Gasteiger charge is 2.58. The van der Waals surface area contributed by atoms with Gasteiger partial charge in [-0.2, -0.15) is 0 Å². The van der Waals surface area contributed by atoms with Crippen LogP contribution in [0.25, 0.3) is 0 Å². The fraction of sp³-hybridized carbons (Fsp3) is 0.391. The molecule has 170 valence electrons. The van der Waals surface area contributed by atoms with Gasteiger partial charge in [0.25, 0.3) is 5.91 Å². The number of benzene rings is 2. The van der Waals surface area contributed by atoms with Crippen LogP contribution in [0.2, 0.25) is 0 Å². The summed E-state index contributed by atoms with van der Waals surface area (Å²) in [6.45, 7) is 3.94. The monoisotopic (exact) mass is 458 g/mol. The van der Waals surface area contributed by atoms with Crippen LogP contribution in [0.4, 0.5) is 5.69 Å². The average molecular weight is 459 g/mol. The number of amides is 2. The van der Waals surface area contributed by atoms with Crippen LogP contribution < -0.4 is 24.3 Å². The predicted molar refractivity (Wildman–Crippen MR) is 122 cm³/mol. The van der Waals surface area contributed by atoms with Crippen LogP contribution in [0.3, 0.4) is 0 Å². The molecule has 0 spiro atoms. The smallest absolute Gasteiger partial charge is 0.260 e. The number of nitrogens with zero attached hydrogens (tertiary/aromatic N) is 1. The lowest BCUT2D eigenvalue weighted by molar-refractivity contribution is -0.121. The minimum Gasteiger partial charge on any atom is -0.497 e. The molecule has 2 aliphatic rings. The van der Waals surface area contributed by atoms with Crippen molar-refractivity contribution in [3.63, 3.8) is 0 Å². The molecule has 2 aromatic rings. The first-order valence-corrected chi connectivity index (χ1v) is 10.9. The number of carbonyl (C=O) groups excluding carboxylic acids is 2. The van der Waals surface area contributed by atoms with Crippen molar-refractivity contribution in [2.24, 2.45) is 0 Å². The standard InChI is InChI=1S/C23H26N2O6S/c1-23(2)19(20(26)24-14-11-12(28-3)7-9-15(14)29-4)25-21(27)17-13(22(25)32-23)8-10-16(30-5)18(17)31-6/h7-11,19,22H,1-6H3,(H,24,26)/t19-,22?/m1/s1. The third-order valence-electron chi connectivity index (χ3n) is 5.81. The summed E-state index contributed by atoms with van der Waals surface area (Å²) < 4.78 is 21.0. The average Bonchev–Trinajstić information content (AvgIpc) is 3.21. The van der Waals surface area contributed by atoms with Gasteiger partial charge in [0.2, 0.25) is 5.91 Å². The molecule has 1 fully saturated rings. The minimum atomic E-state index is -0.719. The Labute approximate surface area is 191 Å². The molecular weight excluding hydrogens is 432 g/mol. The number of thioether (sulfide) groups is 1. The Morgan fingerprint density at radius 2 is 1.69 bits per heavy atom. The molecule has 2 aromatic carbocycles. The van der Waals surface area contributed by atoms with E-state index in [1.54, 1.807) is 48.0 Å². The molecule has 9 heteroatoms. The molecule has 1 unspecified atom stereocenters. The molecule has 0 aliphatic carbocycles. The molecule has 4 rings (SSSR count). The quantitative estimate of drug-likeness (QED) is 0.706. The largest absolute Gasteiger partial charge is 0.497 e. The topological polar surface area (TPSA) is 86.3 Å². The summed E-state index contributed by atoms with van der Waals surface area (Å²) in [5, 5.41) is 2.64. The molecule has 2 aliphatic heterocycles. The number of methoxy groups -OCH3 is 4. The van der Waals surface area contributed by atoms with Gasteiger partial charge in [-0.15, -0.1) is 11.8 Å². The molecule has 0 radical (unpaired) electrons. The van der Waals surface area contributed by atoms with Crippen molar-refractivity contribution >= 4 is 29.3 Å². The fourth-order valence-corrected chi connectivity index (χ4v) is 5.95. The number of carbonyl (C=O) groups is 2. The van der Waals surface area contributed by atoms with Gasteiger partial charge in [-0.3, -0.25) is 9.59 Å². The third kappa shape index (κ3) is 3.31. The molecule has 1 N–H and O–H groups in total. The number of anilines is 1. The van der Waals surface area contributed by atoms with E-state index in [2.05, 4.69) is 5.32 Å². The summed E-state index contributed by atoms with van der Waals surface area (Å²) in [6, 6.07) is 8.10. The van der Waals surface area contributed by atoms with Gasteiger partial charge in [-0.05, 0) is 32.0 Å². The fourth-order valence-electron chi connectivity index (χ4n) is 4.37. The molecule has 1 saturated heterocycles. The van der Waals surface area contributed by atoms with Gasteiger partial charge in [0.15, 0.2) is 11.5 Å². The first-order valence-electron chi connectivity index (χ1n) is 10.1. The first-order chi connectivity index (χ1) is 15.3. The first kappa shape index (κ1) is 22.1. The van der Waals surface area contributed by atoms with Crippen LogP contribution >= 0.6 is 11.8 Å². The van der Waals surface area contributed by atoms with Crippen molar-refractivity contribution in [3.8, 4) is 23.0 Å². The minimum absolute atomic E-state index is 0.253. The Bertz CT molecular complexity index is 1090. The van der Waals surface area contributed by atoms with Crippen LogP contribution in [-0.2, 0) is 4.79 Å². The Hall–Kier alpha value is -3.07. The summed E-state index contributed by atoms with van der Waals surface area (Å²) in [7, 11) is 6.12. The molecule has 8 nitrogen and oxygen atoms in total. The summed E-state index contributed by atoms with van der Waals surface area (Å²) in [5.41, 5.74) is 1.74. The van der Waals surface area contributed by atoms with Gasteiger partial charge in [-0.1, -0.05) is 6.07 Å². The van der Waals surface area contributed by atoms with Crippen LogP contribution in [-0.4, -0.2) is 55.9 Å². The van der Waals surface area contributed by atoms with Crippen molar-refractivity contribution in [1.82, 2.24) is 4.90 Å². The second-order valence-corrected chi connectivity index (χ2v) is 9.74. The Morgan fingerprint density at radius 3 is 2.31 bits per heavy atom. The molecule has 0 bridgehead atoms. The van der Waals surface area contributed by atoms with Gasteiger partial charge in [-0.25, -0.2) is 0 Å². The highest BCUT2D eigenvalue weighted by Crippen LogP contribution is 2.58. The van der Waals surface area contributed by atoms with Gasteiger partial charge >= 0.3 is 0 Å². The zero-order valence-electron chi connectivity index (χ0n) is 18.8. The van der Waals surface area contributed by atoms with Gasteiger partial charge in [0.05, 0.1) is 39.7 Å². The maximum atomic E-state index is 13.6. The molecule has 2 amide bonds. The lowest BCUT2D eigenvalue weighted by Gasteiger charge is -2.29. The summed E-state index contributed by atoms with van der Waals surface area (Å²) in [5.74, 6) is 1.39. The van der Waals surface area contributed by atoms with E-state index in [0.29, 0.717) is 34.2 Å². The highest BCUT2D eigenvalue weighted by molar-refractivity contribution is 8.01. The Kier molecular flexibility index (Phi) is 5.62. The van der Waals surface area contributed by atoms with Gasteiger partial charge in [0, 0.05) is 16.4 Å². The van der Waals surface area contributed by atoms with Crippen LogP contribution in [0, 0.1) is 0 Å². The molecule has 0 saturated carbocycles. The van der Waals surface area contributed by atoms with Crippen molar-refractivity contribution < 1.29 is 28.5 Å². The van der Waals surface area contributed by atoms with Crippen LogP contribution in [0.15, 0.2) is 30.3 Å². The zero-order chi connectivity index (χ0) is 23.2. The maximum absolute atomic E-state index is 13.6. The number of hydrogen-bond donors (Lipinski definition) is 1. The number of hydrogen-bond acceptors (Lipinski definition) is 7. The van der Waals surface area contributed by atoms with E-state index in [1.807, 2.05) is 19.9 Å². The van der Waals surface area contributed by atoms with E-state index in [9.17, 15) is 9.59 Å². The van der Waals surface area contributed by atoms with Crippen molar-refractivity contribution in [3.05, 3.63) is 41.5 Å². The Balaban J connectivity index is 1.72. The third-order valence-corrected chi connectivity index (χ3v) is 7.34. The molecule has 0 aromatic heterocycles. The highest BCUT2D eigenvalue weighted by atomic mass is 32.2. The lowest BCUT2D eigenvalue weighted by Crippen LogP contribution is -2.50. The normalized spacial score (nSPS) is 20.4. The van der Waals surface area contributed by atoms with Crippen molar-refractivity contribution in [2.75, 3.05) is 33.8 Å². The number of fused-ring (bicyclic) bond motifs is 3. The lowest BCUT2D eigenvalue weighted by atomic mass is 10.0. The van der Waals surface area contributed by atoms with E-state index in [-0.39, 0.29) is 17.2 Å². The van der Waals surface area contributed by atoms with Crippen molar-refractivity contribution in [1.29, 1.82) is 0 Å². The van der Waals surface area contributed by atoms with E-state index in [4.69, 9.17) is 18.9 Å². The predicted octanol–water partition coefficient (Wildman–Crippen LogP) is 3.71. The number of ether oxygens (including phenoxy) is 4. The van der Waals surface area contributed by atoms with E-state index >= 15 is 0 Å². The Morgan fingerprint density at radius 1 is 1.00 bits per heavy atom. The molecule has 2 heterocycles. The molecule has 2 atom stereocenters. The zero-order valence-corrected chi connectivity index (χ0v) is 19.7.